The third-order valence-corrected chi connectivity index (χ3v) is 2.62. The van der Waals surface area contributed by atoms with Gasteiger partial charge in [-0.15, -0.1) is 0 Å². The maximum atomic E-state index is 12.9. The lowest BCUT2D eigenvalue weighted by Gasteiger charge is -2.17. The highest BCUT2D eigenvalue weighted by Gasteiger charge is 2.40. The van der Waals surface area contributed by atoms with Gasteiger partial charge in [-0.1, -0.05) is 26.2 Å². The van der Waals surface area contributed by atoms with Gasteiger partial charge in [-0.3, -0.25) is 0 Å². The van der Waals surface area contributed by atoms with Gasteiger partial charge in [0.15, 0.2) is 0 Å². The van der Waals surface area contributed by atoms with Gasteiger partial charge in [-0.2, -0.15) is 13.2 Å². The van der Waals surface area contributed by atoms with Gasteiger partial charge in [0.2, 0.25) is 5.76 Å². The molecule has 0 saturated heterocycles. The highest BCUT2D eigenvalue weighted by Crippen LogP contribution is 2.31. The molecule has 0 spiro atoms. The van der Waals surface area contributed by atoms with Crippen molar-refractivity contribution in [2.75, 3.05) is 13.2 Å². The predicted molar refractivity (Wildman–Crippen MR) is 70.1 cm³/mol. The summed E-state index contributed by atoms with van der Waals surface area (Å²) in [5.41, 5.74) is -0.405. The van der Waals surface area contributed by atoms with Crippen LogP contribution in [0.15, 0.2) is 11.3 Å². The number of rotatable bonds is 9. The Morgan fingerprint density at radius 3 is 2.00 bits per heavy atom. The summed E-state index contributed by atoms with van der Waals surface area (Å²) in [5, 5.41) is 0. The van der Waals surface area contributed by atoms with Crippen molar-refractivity contribution < 1.29 is 27.4 Å². The van der Waals surface area contributed by atoms with Crippen LogP contribution in [0.4, 0.5) is 13.2 Å². The zero-order valence-corrected chi connectivity index (χ0v) is 12.3. The van der Waals surface area contributed by atoms with Crippen molar-refractivity contribution in [1.29, 1.82) is 0 Å². The molecule has 0 N–H and O–H groups in total. The van der Waals surface area contributed by atoms with Crippen molar-refractivity contribution in [3.8, 4) is 0 Å². The second-order valence-corrected chi connectivity index (χ2v) is 4.27. The van der Waals surface area contributed by atoms with Crippen LogP contribution < -0.4 is 0 Å². The fourth-order valence-corrected chi connectivity index (χ4v) is 1.74. The Labute approximate surface area is 118 Å². The molecule has 20 heavy (non-hydrogen) atoms. The van der Waals surface area contributed by atoms with Crippen LogP contribution in [-0.2, 0) is 14.3 Å². The normalized spacial score (nSPS) is 12.9. The van der Waals surface area contributed by atoms with Gasteiger partial charge >= 0.3 is 12.1 Å². The Hall–Kier alpha value is -1.20. The molecule has 0 rings (SSSR count). The number of allylic oxidation sites excluding steroid dienone is 1. The molecule has 0 fully saturated rings. The summed E-state index contributed by atoms with van der Waals surface area (Å²) in [7, 11) is 0. The molecule has 0 radical (unpaired) electrons. The molecular weight excluding hydrogens is 273 g/mol. The Morgan fingerprint density at radius 2 is 1.55 bits per heavy atom. The van der Waals surface area contributed by atoms with Gasteiger partial charge in [0.1, 0.15) is 0 Å². The summed E-state index contributed by atoms with van der Waals surface area (Å²) in [6.45, 7) is 4.90. The molecule has 0 aliphatic rings. The van der Waals surface area contributed by atoms with E-state index in [1.54, 1.807) is 6.92 Å². The number of halogens is 3. The van der Waals surface area contributed by atoms with E-state index in [1.165, 1.54) is 6.92 Å². The molecule has 0 aromatic heterocycles. The van der Waals surface area contributed by atoms with Crippen LogP contribution in [-0.4, -0.2) is 25.4 Å². The standard InChI is InChI=1S/C14H23F3O3/c1-4-7-8-9-10-11(13(18)20-6-3)12(19-5-2)14(15,16)17/h4-10H2,1-3H3/b12-11+. The predicted octanol–water partition coefficient (Wildman–Crippen LogP) is 4.37. The minimum Gasteiger partial charge on any atom is -0.489 e. The first-order chi connectivity index (χ1) is 9.38. The number of esters is 1. The molecular formula is C14H23F3O3. The van der Waals surface area contributed by atoms with Crippen LogP contribution in [0.25, 0.3) is 0 Å². The largest absolute Gasteiger partial charge is 0.489 e. The molecule has 0 aromatic rings. The van der Waals surface area contributed by atoms with Gasteiger partial charge in [0.25, 0.3) is 0 Å². The highest BCUT2D eigenvalue weighted by atomic mass is 19.4. The van der Waals surface area contributed by atoms with Crippen molar-refractivity contribution in [3.63, 3.8) is 0 Å². The summed E-state index contributed by atoms with van der Waals surface area (Å²) < 4.78 is 48.2. The second kappa shape index (κ2) is 9.66. The van der Waals surface area contributed by atoms with Gasteiger partial charge in [0.05, 0.1) is 18.8 Å². The molecule has 6 heteroatoms. The zero-order valence-electron chi connectivity index (χ0n) is 12.3. The Kier molecular flexibility index (Phi) is 9.08. The molecule has 0 unspecified atom stereocenters. The van der Waals surface area contributed by atoms with Crippen molar-refractivity contribution in [3.05, 3.63) is 11.3 Å². The second-order valence-electron chi connectivity index (χ2n) is 4.27. The van der Waals surface area contributed by atoms with E-state index in [2.05, 4.69) is 4.74 Å². The molecule has 0 aliphatic carbocycles. The fourth-order valence-electron chi connectivity index (χ4n) is 1.74. The van der Waals surface area contributed by atoms with E-state index in [1.807, 2.05) is 6.92 Å². The molecule has 3 nitrogen and oxygen atoms in total. The molecule has 0 heterocycles. The zero-order chi connectivity index (χ0) is 15.6. The first kappa shape index (κ1) is 18.8. The van der Waals surface area contributed by atoms with E-state index in [-0.39, 0.29) is 19.6 Å². The van der Waals surface area contributed by atoms with Gasteiger partial charge < -0.3 is 9.47 Å². The summed E-state index contributed by atoms with van der Waals surface area (Å²) in [6.07, 6.45) is -1.48. The molecule has 0 bridgehead atoms. The van der Waals surface area contributed by atoms with E-state index < -0.39 is 23.5 Å². The first-order valence-corrected chi connectivity index (χ1v) is 6.98. The van der Waals surface area contributed by atoms with E-state index in [9.17, 15) is 18.0 Å². The molecule has 0 saturated carbocycles. The van der Waals surface area contributed by atoms with Crippen LogP contribution in [0, 0.1) is 0 Å². The number of alkyl halides is 3. The molecule has 118 valence electrons. The maximum Gasteiger partial charge on any atom is 0.449 e. The van der Waals surface area contributed by atoms with Gasteiger partial charge in [-0.25, -0.2) is 4.79 Å². The van der Waals surface area contributed by atoms with Gasteiger partial charge in [-0.05, 0) is 26.7 Å². The quantitative estimate of drug-likeness (QED) is 0.274. The number of unbranched alkanes of at least 4 members (excludes halogenated alkanes) is 3. The van der Waals surface area contributed by atoms with Crippen molar-refractivity contribution in [2.45, 2.75) is 59.1 Å². The van der Waals surface area contributed by atoms with E-state index in [0.717, 1.165) is 19.3 Å². The first-order valence-electron chi connectivity index (χ1n) is 6.98. The monoisotopic (exact) mass is 296 g/mol. The average molecular weight is 296 g/mol. The third-order valence-electron chi connectivity index (χ3n) is 2.62. The molecule has 0 aromatic carbocycles. The average Bonchev–Trinajstić information content (AvgIpc) is 2.36. The molecule has 0 aliphatic heterocycles. The smallest absolute Gasteiger partial charge is 0.449 e. The minimum atomic E-state index is -4.68. The number of carbonyl (C=O) groups excluding carboxylic acids is 1. The van der Waals surface area contributed by atoms with Crippen molar-refractivity contribution in [1.82, 2.24) is 0 Å². The Bertz CT molecular complexity index is 322. The number of carbonyl (C=O) groups is 1. The Balaban J connectivity index is 5.15. The highest BCUT2D eigenvalue weighted by molar-refractivity contribution is 5.89. The Morgan fingerprint density at radius 1 is 0.950 bits per heavy atom. The van der Waals surface area contributed by atoms with Crippen LogP contribution >= 0.6 is 0 Å². The van der Waals surface area contributed by atoms with Crippen LogP contribution in [0.3, 0.4) is 0 Å². The summed E-state index contributed by atoms with van der Waals surface area (Å²) in [6, 6.07) is 0. The van der Waals surface area contributed by atoms with Crippen LogP contribution in [0.1, 0.15) is 52.9 Å². The van der Waals surface area contributed by atoms with E-state index in [4.69, 9.17) is 4.74 Å². The van der Waals surface area contributed by atoms with E-state index in [0.29, 0.717) is 6.42 Å². The van der Waals surface area contributed by atoms with Crippen molar-refractivity contribution in [2.24, 2.45) is 0 Å². The maximum absolute atomic E-state index is 12.9. The summed E-state index contributed by atoms with van der Waals surface area (Å²) >= 11 is 0. The lowest BCUT2D eigenvalue weighted by molar-refractivity contribution is -0.145. The number of ether oxygens (including phenoxy) is 2. The minimum absolute atomic E-state index is 0.0215. The molecule has 0 amide bonds. The molecule has 0 atom stereocenters. The lowest BCUT2D eigenvalue weighted by Crippen LogP contribution is -2.22. The topological polar surface area (TPSA) is 35.5 Å². The van der Waals surface area contributed by atoms with Crippen molar-refractivity contribution >= 4 is 5.97 Å². The SMILES string of the molecule is CCCCCC/C(C(=O)OCC)=C(\OCC)C(F)(F)F. The van der Waals surface area contributed by atoms with E-state index >= 15 is 0 Å². The summed E-state index contributed by atoms with van der Waals surface area (Å²) in [4.78, 5) is 11.7. The fraction of sp³-hybridized carbons (Fsp3) is 0.786. The van der Waals surface area contributed by atoms with Gasteiger partial charge in [0, 0.05) is 0 Å². The number of hydrogen-bond acceptors (Lipinski definition) is 3. The summed E-state index contributed by atoms with van der Waals surface area (Å²) in [5.74, 6) is -2.15. The van der Waals surface area contributed by atoms with Crippen LogP contribution in [0.2, 0.25) is 0 Å². The van der Waals surface area contributed by atoms with Crippen LogP contribution in [0.5, 0.6) is 0 Å². The third kappa shape index (κ3) is 6.82. The lowest BCUT2D eigenvalue weighted by atomic mass is 10.0. The number of hydrogen-bond donors (Lipinski definition) is 0.